The first-order chi connectivity index (χ1) is 10.1. The number of benzene rings is 1. The Morgan fingerprint density at radius 1 is 1.27 bits per heavy atom. The van der Waals surface area contributed by atoms with Crippen LogP contribution in [-0.2, 0) is 16.0 Å². The topological polar surface area (TPSA) is 122 Å². The van der Waals surface area contributed by atoms with E-state index < -0.39 is 30.8 Å². The van der Waals surface area contributed by atoms with Crippen LogP contribution in [0.2, 0.25) is 0 Å². The summed E-state index contributed by atoms with van der Waals surface area (Å²) in [5.41, 5.74) is 5.66. The van der Waals surface area contributed by atoms with Crippen LogP contribution >= 0.6 is 0 Å². The van der Waals surface area contributed by atoms with Crippen LogP contribution in [0.5, 0.6) is 0 Å². The molecule has 7 nitrogen and oxygen atoms in total. The Bertz CT molecular complexity index is 525. The van der Waals surface area contributed by atoms with Crippen molar-refractivity contribution in [2.75, 3.05) is 0 Å². The van der Waals surface area contributed by atoms with E-state index in [-0.39, 0.29) is 6.42 Å². The number of carbonyl (C=O) groups is 2. The molecule has 0 fully saturated rings. The summed E-state index contributed by atoms with van der Waals surface area (Å²) in [4.78, 5) is 23.2. The van der Waals surface area contributed by atoms with E-state index in [9.17, 15) is 9.59 Å². The molecule has 1 atom stereocenters. The SMILES string of the molecule is CC(C)(C)OC(=O)NC(Cc1ccc(B(O)O)cc1)C(N)=O. The summed E-state index contributed by atoms with van der Waals surface area (Å²) in [5, 5.41) is 20.5. The van der Waals surface area contributed by atoms with Gasteiger partial charge in [-0.1, -0.05) is 24.3 Å². The molecule has 0 aromatic heterocycles. The van der Waals surface area contributed by atoms with E-state index in [1.54, 1.807) is 32.9 Å². The Hall–Kier alpha value is -2.06. The lowest BCUT2D eigenvalue weighted by Crippen LogP contribution is -2.47. The molecule has 0 radical (unpaired) electrons. The van der Waals surface area contributed by atoms with Gasteiger partial charge in [0.1, 0.15) is 11.6 Å². The van der Waals surface area contributed by atoms with E-state index in [1.807, 2.05) is 0 Å². The smallest absolute Gasteiger partial charge is 0.444 e. The zero-order valence-electron chi connectivity index (χ0n) is 12.9. The molecule has 0 bridgehead atoms. The number of carbonyl (C=O) groups excluding carboxylic acids is 2. The van der Waals surface area contributed by atoms with Crippen molar-refractivity contribution in [3.63, 3.8) is 0 Å². The van der Waals surface area contributed by atoms with Gasteiger partial charge in [0, 0.05) is 6.42 Å². The number of alkyl carbamates (subject to hydrolysis) is 1. The number of hydrogen-bond donors (Lipinski definition) is 4. The van der Waals surface area contributed by atoms with Crippen molar-refractivity contribution in [3.05, 3.63) is 29.8 Å². The van der Waals surface area contributed by atoms with Crippen LogP contribution in [0.3, 0.4) is 0 Å². The second-order valence-electron chi connectivity index (χ2n) is 5.92. The van der Waals surface area contributed by atoms with Crippen LogP contribution in [0.4, 0.5) is 4.79 Å². The fraction of sp³-hybridized carbons (Fsp3) is 0.429. The van der Waals surface area contributed by atoms with Gasteiger partial charge in [-0.15, -0.1) is 0 Å². The number of rotatable bonds is 5. The lowest BCUT2D eigenvalue weighted by atomic mass is 9.80. The monoisotopic (exact) mass is 308 g/mol. The maximum absolute atomic E-state index is 11.7. The fourth-order valence-corrected chi connectivity index (χ4v) is 1.73. The number of amides is 2. The highest BCUT2D eigenvalue weighted by molar-refractivity contribution is 6.58. The summed E-state index contributed by atoms with van der Waals surface area (Å²) in [7, 11) is -1.55. The standard InChI is InChI=1S/C14H21BN2O5/c1-14(2,3)22-13(19)17-11(12(16)18)8-9-4-6-10(7-5-9)15(20)21/h4-7,11,20-21H,8H2,1-3H3,(H2,16,18)(H,17,19). The quantitative estimate of drug-likeness (QED) is 0.535. The summed E-state index contributed by atoms with van der Waals surface area (Å²) in [5.74, 6) is -0.683. The van der Waals surface area contributed by atoms with Crippen LogP contribution in [-0.4, -0.2) is 40.8 Å². The van der Waals surface area contributed by atoms with Crippen molar-refractivity contribution in [3.8, 4) is 0 Å². The van der Waals surface area contributed by atoms with E-state index in [0.717, 1.165) is 0 Å². The first-order valence-electron chi connectivity index (χ1n) is 6.82. The third-order valence-corrected chi connectivity index (χ3v) is 2.75. The maximum atomic E-state index is 11.7. The van der Waals surface area contributed by atoms with Gasteiger partial charge in [0.2, 0.25) is 5.91 Å². The first kappa shape index (κ1) is 18.0. The molecule has 1 unspecified atom stereocenters. The molecule has 0 aliphatic carbocycles. The summed E-state index contributed by atoms with van der Waals surface area (Å²) in [6.07, 6.45) is -0.546. The van der Waals surface area contributed by atoms with Crippen molar-refractivity contribution in [1.82, 2.24) is 5.32 Å². The van der Waals surface area contributed by atoms with Gasteiger partial charge < -0.3 is 25.8 Å². The van der Waals surface area contributed by atoms with Crippen molar-refractivity contribution >= 4 is 24.6 Å². The van der Waals surface area contributed by atoms with Gasteiger partial charge >= 0.3 is 13.2 Å². The molecule has 1 rings (SSSR count). The number of nitrogens with two attached hydrogens (primary N) is 1. The molecule has 2 amide bonds. The predicted octanol–water partition coefficient (Wildman–Crippen LogP) is -0.712. The Kier molecular flexibility index (Phi) is 5.96. The van der Waals surface area contributed by atoms with Crippen molar-refractivity contribution in [2.45, 2.75) is 38.8 Å². The maximum Gasteiger partial charge on any atom is 0.488 e. The van der Waals surface area contributed by atoms with E-state index in [1.165, 1.54) is 12.1 Å². The van der Waals surface area contributed by atoms with Crippen LogP contribution in [0, 0.1) is 0 Å². The molecule has 0 aliphatic heterocycles. The molecule has 0 saturated heterocycles. The minimum Gasteiger partial charge on any atom is -0.444 e. The Labute approximate surface area is 129 Å². The largest absolute Gasteiger partial charge is 0.488 e. The van der Waals surface area contributed by atoms with Crippen LogP contribution in [0.15, 0.2) is 24.3 Å². The van der Waals surface area contributed by atoms with Gasteiger partial charge in [-0.3, -0.25) is 4.79 Å². The molecule has 0 saturated carbocycles. The number of hydrogen-bond acceptors (Lipinski definition) is 5. The summed E-state index contributed by atoms with van der Waals surface area (Å²) >= 11 is 0. The highest BCUT2D eigenvalue weighted by atomic mass is 16.6. The number of primary amides is 1. The fourth-order valence-electron chi connectivity index (χ4n) is 1.73. The molecular weight excluding hydrogens is 287 g/mol. The van der Waals surface area contributed by atoms with Crippen LogP contribution < -0.4 is 16.5 Å². The zero-order valence-corrected chi connectivity index (χ0v) is 12.9. The zero-order chi connectivity index (χ0) is 16.9. The third kappa shape index (κ3) is 6.15. The van der Waals surface area contributed by atoms with Gasteiger partial charge in [-0.2, -0.15) is 0 Å². The van der Waals surface area contributed by atoms with Gasteiger partial charge in [0.25, 0.3) is 0 Å². The molecule has 120 valence electrons. The first-order valence-corrected chi connectivity index (χ1v) is 6.82. The second kappa shape index (κ2) is 7.28. The number of ether oxygens (including phenoxy) is 1. The summed E-state index contributed by atoms with van der Waals surface area (Å²) < 4.78 is 5.08. The summed E-state index contributed by atoms with van der Waals surface area (Å²) in [6, 6.07) is 5.37. The highest BCUT2D eigenvalue weighted by Gasteiger charge is 2.23. The highest BCUT2D eigenvalue weighted by Crippen LogP contribution is 2.08. The minimum absolute atomic E-state index is 0.177. The van der Waals surface area contributed by atoms with Gasteiger partial charge in [-0.25, -0.2) is 4.79 Å². The van der Waals surface area contributed by atoms with Crippen molar-refractivity contribution in [1.29, 1.82) is 0 Å². The van der Waals surface area contributed by atoms with E-state index in [4.69, 9.17) is 20.5 Å². The van der Waals surface area contributed by atoms with Crippen molar-refractivity contribution in [2.24, 2.45) is 5.73 Å². The van der Waals surface area contributed by atoms with Crippen LogP contribution in [0.1, 0.15) is 26.3 Å². The third-order valence-electron chi connectivity index (χ3n) is 2.75. The van der Waals surface area contributed by atoms with E-state index >= 15 is 0 Å². The molecule has 5 N–H and O–H groups in total. The summed E-state index contributed by atoms with van der Waals surface area (Å²) in [6.45, 7) is 5.14. The number of nitrogens with one attached hydrogen (secondary N) is 1. The Morgan fingerprint density at radius 3 is 2.23 bits per heavy atom. The average Bonchev–Trinajstić information content (AvgIpc) is 2.36. The molecule has 8 heteroatoms. The Balaban J connectivity index is 2.72. The molecule has 0 heterocycles. The molecule has 1 aromatic rings. The molecule has 1 aromatic carbocycles. The average molecular weight is 308 g/mol. The van der Waals surface area contributed by atoms with Gasteiger partial charge in [0.05, 0.1) is 0 Å². The Morgan fingerprint density at radius 2 is 1.82 bits per heavy atom. The van der Waals surface area contributed by atoms with E-state index in [0.29, 0.717) is 11.0 Å². The lowest BCUT2D eigenvalue weighted by Gasteiger charge is -2.22. The molecule has 0 spiro atoms. The molecule has 22 heavy (non-hydrogen) atoms. The molecular formula is C14H21BN2O5. The van der Waals surface area contributed by atoms with Crippen LogP contribution in [0.25, 0.3) is 0 Å². The molecule has 0 aliphatic rings. The lowest BCUT2D eigenvalue weighted by molar-refractivity contribution is -0.120. The predicted molar refractivity (Wildman–Crippen MR) is 82.3 cm³/mol. The second-order valence-corrected chi connectivity index (χ2v) is 5.92. The van der Waals surface area contributed by atoms with Crippen molar-refractivity contribution < 1.29 is 24.4 Å². The minimum atomic E-state index is -1.55. The normalized spacial score (nSPS) is 12.4. The van der Waals surface area contributed by atoms with Gasteiger partial charge in [-0.05, 0) is 31.8 Å². The van der Waals surface area contributed by atoms with E-state index in [2.05, 4.69) is 5.32 Å². The van der Waals surface area contributed by atoms with Gasteiger partial charge in [0.15, 0.2) is 0 Å².